The Balaban J connectivity index is 1.14. The fourth-order valence-corrected chi connectivity index (χ4v) is 5.54. The zero-order chi connectivity index (χ0) is 35.6. The number of rotatable bonds is 14. The van der Waals surface area contributed by atoms with Crippen molar-refractivity contribution in [3.63, 3.8) is 0 Å². The number of carbonyl (C=O) groups excluding carboxylic acids is 6. The second kappa shape index (κ2) is 16.2. The third-order valence-electron chi connectivity index (χ3n) is 7.81. The predicted octanol–water partition coefficient (Wildman–Crippen LogP) is 5.10. The maximum Gasteiger partial charge on any atom is 0.333 e. The van der Waals surface area contributed by atoms with Crippen LogP contribution in [-0.4, -0.2) is 53.9 Å². The number of nitrogens with zero attached hydrogens (tertiary/aromatic N) is 5. The number of nitrogens with one attached hydrogen (secondary N) is 1. The average molecular weight is 682 g/mol. The minimum absolute atomic E-state index is 0.0421. The first-order chi connectivity index (χ1) is 24.2. The van der Waals surface area contributed by atoms with Crippen molar-refractivity contribution in [1.82, 2.24) is 5.06 Å². The Morgan fingerprint density at radius 2 is 1.46 bits per heavy atom. The molecule has 15 nitrogen and oxygen atoms in total. The van der Waals surface area contributed by atoms with Crippen molar-refractivity contribution in [2.45, 2.75) is 52.0 Å². The molecule has 0 unspecified atom stereocenters. The topological polar surface area (TPSA) is 198 Å². The van der Waals surface area contributed by atoms with Gasteiger partial charge < -0.3 is 19.6 Å². The SMILES string of the molecule is CC[n+]1c(-c2ccccc2)c2cc(N=[N+]=[N-])ccc2c2ccc(NC(=O)CCC(=O)OCCOC(=O)CCC(=O)ON3C(=O)CCC3=O)cc21. The number of esters is 2. The number of imide groups is 1. The van der Waals surface area contributed by atoms with Crippen molar-refractivity contribution in [2.75, 3.05) is 18.5 Å². The molecule has 2 heterocycles. The van der Waals surface area contributed by atoms with Gasteiger partial charge in [0, 0.05) is 52.6 Å². The second-order valence-electron chi connectivity index (χ2n) is 11.1. The van der Waals surface area contributed by atoms with E-state index in [0.717, 1.165) is 32.9 Å². The molecule has 1 aliphatic rings. The molecule has 0 bridgehead atoms. The van der Waals surface area contributed by atoms with Crippen molar-refractivity contribution < 1.29 is 47.6 Å². The van der Waals surface area contributed by atoms with Gasteiger partial charge in [-0.1, -0.05) is 35.4 Å². The molecule has 3 amide bonds. The smallest absolute Gasteiger partial charge is 0.333 e. The first-order valence-corrected chi connectivity index (χ1v) is 15.9. The third-order valence-corrected chi connectivity index (χ3v) is 7.81. The van der Waals surface area contributed by atoms with Crippen LogP contribution < -0.4 is 9.88 Å². The van der Waals surface area contributed by atoms with Crippen LogP contribution in [-0.2, 0) is 49.6 Å². The van der Waals surface area contributed by atoms with Crippen LogP contribution in [0.4, 0.5) is 11.4 Å². The van der Waals surface area contributed by atoms with Gasteiger partial charge in [0.15, 0.2) is 0 Å². The van der Waals surface area contributed by atoms with Crippen molar-refractivity contribution in [3.05, 3.63) is 77.2 Å². The fraction of sp³-hybridized carbons (Fsp3) is 0.286. The van der Waals surface area contributed by atoms with E-state index in [1.54, 1.807) is 12.1 Å². The van der Waals surface area contributed by atoms with Gasteiger partial charge in [0.05, 0.1) is 30.0 Å². The number of azide groups is 1. The van der Waals surface area contributed by atoms with Crippen molar-refractivity contribution in [1.29, 1.82) is 0 Å². The second-order valence-corrected chi connectivity index (χ2v) is 11.1. The Morgan fingerprint density at radius 1 is 0.820 bits per heavy atom. The largest absolute Gasteiger partial charge is 0.462 e. The molecule has 0 aliphatic carbocycles. The molecule has 0 radical (unpaired) electrons. The van der Waals surface area contributed by atoms with Gasteiger partial charge in [0.1, 0.15) is 19.8 Å². The molecular weight excluding hydrogens is 648 g/mol. The minimum atomic E-state index is -0.934. The number of aromatic nitrogens is 1. The number of anilines is 1. The van der Waals surface area contributed by atoms with Crippen LogP contribution in [0.5, 0.6) is 0 Å². The van der Waals surface area contributed by atoms with Crippen LogP contribution in [0.1, 0.15) is 45.4 Å². The molecule has 0 saturated carbocycles. The Morgan fingerprint density at radius 3 is 2.12 bits per heavy atom. The van der Waals surface area contributed by atoms with Crippen molar-refractivity contribution in [2.24, 2.45) is 5.11 Å². The number of hydrogen-bond donors (Lipinski definition) is 1. The van der Waals surface area contributed by atoms with Gasteiger partial charge in [-0.2, -0.15) is 4.57 Å². The van der Waals surface area contributed by atoms with Crippen LogP contribution in [0.15, 0.2) is 71.8 Å². The van der Waals surface area contributed by atoms with E-state index in [0.29, 0.717) is 23.0 Å². The first-order valence-electron chi connectivity index (χ1n) is 15.9. The number of aryl methyl sites for hydroxylation is 1. The highest BCUT2D eigenvalue weighted by atomic mass is 16.7. The van der Waals surface area contributed by atoms with E-state index in [4.69, 9.17) is 15.0 Å². The highest BCUT2D eigenvalue weighted by Gasteiger charge is 2.33. The summed E-state index contributed by atoms with van der Waals surface area (Å²) in [7, 11) is 0. The van der Waals surface area contributed by atoms with Crippen LogP contribution >= 0.6 is 0 Å². The van der Waals surface area contributed by atoms with Gasteiger partial charge in [0.2, 0.25) is 17.1 Å². The minimum Gasteiger partial charge on any atom is -0.462 e. The van der Waals surface area contributed by atoms with Gasteiger partial charge in [-0.25, -0.2) is 4.79 Å². The van der Waals surface area contributed by atoms with Gasteiger partial charge in [-0.3, -0.25) is 24.0 Å². The van der Waals surface area contributed by atoms with Crippen LogP contribution in [0.25, 0.3) is 43.4 Å². The van der Waals surface area contributed by atoms with E-state index in [2.05, 4.69) is 24.7 Å². The van der Waals surface area contributed by atoms with Gasteiger partial charge in [-0.15, -0.1) is 5.06 Å². The molecule has 50 heavy (non-hydrogen) atoms. The predicted molar refractivity (Wildman–Crippen MR) is 178 cm³/mol. The molecule has 256 valence electrons. The Kier molecular flexibility index (Phi) is 11.3. The molecule has 1 fully saturated rings. The molecule has 1 saturated heterocycles. The summed E-state index contributed by atoms with van der Waals surface area (Å²) < 4.78 is 12.1. The summed E-state index contributed by atoms with van der Waals surface area (Å²) in [4.78, 5) is 79.3. The molecule has 4 aromatic rings. The molecule has 5 rings (SSSR count). The summed E-state index contributed by atoms with van der Waals surface area (Å²) in [5, 5.41) is 9.83. The molecule has 15 heteroatoms. The number of ether oxygens (including phenoxy) is 2. The van der Waals surface area contributed by atoms with Crippen molar-refractivity contribution in [3.8, 4) is 11.3 Å². The summed E-state index contributed by atoms with van der Waals surface area (Å²) in [5.41, 5.74) is 12.8. The van der Waals surface area contributed by atoms with E-state index in [-0.39, 0.29) is 45.3 Å². The monoisotopic (exact) mass is 681 g/mol. The lowest BCUT2D eigenvalue weighted by atomic mass is 9.98. The van der Waals surface area contributed by atoms with E-state index in [9.17, 15) is 28.8 Å². The quantitative estimate of drug-likeness (QED) is 0.0275. The number of pyridine rings is 1. The lowest BCUT2D eigenvalue weighted by Gasteiger charge is -2.13. The summed E-state index contributed by atoms with van der Waals surface area (Å²) in [5.74, 6) is -4.02. The number of carbonyl (C=O) groups is 6. The van der Waals surface area contributed by atoms with Crippen LogP contribution in [0.3, 0.4) is 0 Å². The molecule has 1 aliphatic heterocycles. The van der Waals surface area contributed by atoms with E-state index >= 15 is 0 Å². The van der Waals surface area contributed by atoms with Crippen LogP contribution in [0, 0.1) is 0 Å². The normalized spacial score (nSPS) is 12.5. The van der Waals surface area contributed by atoms with E-state index in [1.165, 1.54) is 0 Å². The standard InChI is InChI=1S/C35H32N6O9/c1-2-40-28-21-23(8-11-26(28)25-10-9-24(38-39-36)20-27(25)35(40)22-6-4-3-5-7-22)37-29(42)12-15-32(45)48-18-19-49-33(46)16-17-34(47)50-41-30(43)13-14-31(41)44/h3-11,20-21H,2,12-19H2,1H3/p+1. The lowest BCUT2D eigenvalue weighted by molar-refractivity contribution is -0.655. The number of fused-ring (bicyclic) bond motifs is 3. The molecule has 1 aromatic heterocycles. The summed E-state index contributed by atoms with van der Waals surface area (Å²) in [6, 6.07) is 21.0. The first kappa shape index (κ1) is 35.0. The molecule has 1 N–H and O–H groups in total. The van der Waals surface area contributed by atoms with Gasteiger partial charge in [0.25, 0.3) is 11.8 Å². The maximum absolute atomic E-state index is 12.8. The third kappa shape index (κ3) is 8.38. The average Bonchev–Trinajstić information content (AvgIpc) is 3.43. The molecule has 3 aromatic carbocycles. The van der Waals surface area contributed by atoms with Gasteiger partial charge in [-0.05, 0) is 42.8 Å². The zero-order valence-electron chi connectivity index (χ0n) is 27.1. The molecular formula is C35H33N6O9+. The highest BCUT2D eigenvalue weighted by Crippen LogP contribution is 2.35. The van der Waals surface area contributed by atoms with E-state index in [1.807, 2.05) is 61.5 Å². The number of amides is 3. The Bertz CT molecular complexity index is 2030. The Hall–Kier alpha value is -6.34. The highest BCUT2D eigenvalue weighted by molar-refractivity contribution is 6.10. The molecule has 0 spiro atoms. The number of hydrogen-bond acceptors (Lipinski definition) is 10. The maximum atomic E-state index is 12.8. The van der Waals surface area contributed by atoms with E-state index < -0.39 is 42.1 Å². The summed E-state index contributed by atoms with van der Waals surface area (Å²) in [6.07, 6.45) is -1.22. The lowest BCUT2D eigenvalue weighted by Crippen LogP contribution is -2.36. The number of hydroxylamine groups is 2. The van der Waals surface area contributed by atoms with Crippen molar-refractivity contribution >= 4 is 68.7 Å². The number of benzene rings is 3. The van der Waals surface area contributed by atoms with Crippen LogP contribution in [0.2, 0.25) is 0 Å². The Labute approximate surface area is 285 Å². The zero-order valence-corrected chi connectivity index (χ0v) is 27.1. The summed E-state index contributed by atoms with van der Waals surface area (Å²) >= 11 is 0. The fourth-order valence-electron chi connectivity index (χ4n) is 5.54. The van der Waals surface area contributed by atoms with Gasteiger partial charge >= 0.3 is 17.9 Å². The molecule has 0 atom stereocenters. The summed E-state index contributed by atoms with van der Waals surface area (Å²) in [6.45, 7) is 2.11.